The van der Waals surface area contributed by atoms with Gasteiger partial charge in [0.25, 0.3) is 0 Å². The van der Waals surface area contributed by atoms with Crippen LogP contribution in [0.25, 0.3) is 0 Å². The van der Waals surface area contributed by atoms with Crippen molar-refractivity contribution in [1.29, 1.82) is 0 Å². The third kappa shape index (κ3) is 6.76. The van der Waals surface area contributed by atoms with Gasteiger partial charge in [0.2, 0.25) is 10.0 Å². The molecule has 0 unspecified atom stereocenters. The monoisotopic (exact) mass is 530 g/mol. The van der Waals surface area contributed by atoms with Crippen LogP contribution in [-0.2, 0) is 10.0 Å². The van der Waals surface area contributed by atoms with Crippen molar-refractivity contribution in [3.05, 3.63) is 29.1 Å². The van der Waals surface area contributed by atoms with Crippen LogP contribution in [0, 0.1) is 18.7 Å². The van der Waals surface area contributed by atoms with Crippen LogP contribution < -0.4 is 4.74 Å². The maximum Gasteiger partial charge on any atom is 0.214 e. The maximum absolute atomic E-state index is 13.8. The van der Waals surface area contributed by atoms with Crippen LogP contribution in [-0.4, -0.2) is 68.0 Å². The van der Waals surface area contributed by atoms with Gasteiger partial charge in [-0.05, 0) is 56.6 Å². The molecule has 2 aliphatic carbocycles. The first-order valence-electron chi connectivity index (χ1n) is 12.8. The van der Waals surface area contributed by atoms with Gasteiger partial charge in [-0.15, -0.1) is 12.4 Å². The number of hydrogen-bond donors (Lipinski definition) is 0. The fourth-order valence-corrected chi connectivity index (χ4v) is 7.80. The number of nitrogens with zero attached hydrogens (tertiary/aromatic N) is 2. The molecule has 3 aliphatic rings. The fraction of sp³-hybridized carbons (Fsp3) is 0.731. The van der Waals surface area contributed by atoms with Crippen LogP contribution in [0.5, 0.6) is 5.75 Å². The van der Waals surface area contributed by atoms with Crippen molar-refractivity contribution in [3.8, 4) is 5.75 Å². The predicted octanol–water partition coefficient (Wildman–Crippen LogP) is 4.98. The summed E-state index contributed by atoms with van der Waals surface area (Å²) in [5, 5.41) is 0. The molecule has 1 aromatic carbocycles. The first-order chi connectivity index (χ1) is 16.2. The highest BCUT2D eigenvalue weighted by Gasteiger charge is 2.41. The zero-order chi connectivity index (χ0) is 24.3. The highest BCUT2D eigenvalue weighted by molar-refractivity contribution is 7.89. The number of halogens is 2. The van der Waals surface area contributed by atoms with Gasteiger partial charge in [-0.25, -0.2) is 12.8 Å². The molecule has 1 heterocycles. The van der Waals surface area contributed by atoms with Gasteiger partial charge in [0.1, 0.15) is 11.6 Å². The number of aryl methyl sites for hydroxylation is 1. The lowest BCUT2D eigenvalue weighted by Crippen LogP contribution is -2.58. The lowest BCUT2D eigenvalue weighted by molar-refractivity contribution is 0.0319. The molecular weight excluding hydrogens is 491 g/mol. The topological polar surface area (TPSA) is 66.9 Å². The van der Waals surface area contributed by atoms with Crippen molar-refractivity contribution >= 4 is 28.2 Å². The van der Waals surface area contributed by atoms with E-state index in [9.17, 15) is 17.6 Å². The lowest BCUT2D eigenvalue weighted by atomic mass is 9.81. The number of Topliss-reactive ketones (excluding diaryl/α,β-unsaturated/α-hetero) is 1. The van der Waals surface area contributed by atoms with Gasteiger partial charge in [0.05, 0.1) is 18.4 Å². The summed E-state index contributed by atoms with van der Waals surface area (Å²) in [5.41, 5.74) is 0.995. The Kier molecular flexibility index (Phi) is 9.63. The van der Waals surface area contributed by atoms with E-state index in [1.54, 1.807) is 11.2 Å². The summed E-state index contributed by atoms with van der Waals surface area (Å²) in [4.78, 5) is 15.8. The number of carbonyl (C=O) groups excluding carboxylic acids is 1. The summed E-state index contributed by atoms with van der Waals surface area (Å²) in [6.07, 6.45) is 9.93. The third-order valence-electron chi connectivity index (χ3n) is 8.06. The number of carbonyl (C=O) groups is 1. The Morgan fingerprint density at radius 1 is 1.09 bits per heavy atom. The van der Waals surface area contributed by atoms with E-state index >= 15 is 0 Å². The van der Waals surface area contributed by atoms with E-state index in [1.807, 2.05) is 0 Å². The number of piperazine rings is 1. The van der Waals surface area contributed by atoms with Crippen molar-refractivity contribution in [2.45, 2.75) is 76.7 Å². The minimum Gasteiger partial charge on any atom is -0.496 e. The SMILES string of the molecule is COc1cc(F)cc(C)c1C(=O)CCC1(N2CCN(S(=O)(=O)CC3CC3)CC2)CCCCCC1.Cl. The second-order valence-electron chi connectivity index (χ2n) is 10.5. The van der Waals surface area contributed by atoms with E-state index in [-0.39, 0.29) is 23.7 Å². The molecule has 35 heavy (non-hydrogen) atoms. The minimum absolute atomic E-state index is 0. The van der Waals surface area contributed by atoms with Gasteiger partial charge in [-0.2, -0.15) is 4.31 Å². The third-order valence-corrected chi connectivity index (χ3v) is 10.1. The Morgan fingerprint density at radius 3 is 2.29 bits per heavy atom. The summed E-state index contributed by atoms with van der Waals surface area (Å²) < 4.78 is 46.4. The number of benzene rings is 1. The zero-order valence-electron chi connectivity index (χ0n) is 21.1. The molecule has 4 rings (SSSR count). The van der Waals surface area contributed by atoms with Crippen LogP contribution in [0.3, 0.4) is 0 Å². The fourth-order valence-electron chi connectivity index (χ4n) is 5.94. The largest absolute Gasteiger partial charge is 0.496 e. The molecular formula is C26H40ClFN2O4S. The molecule has 3 fully saturated rings. The predicted molar refractivity (Wildman–Crippen MR) is 139 cm³/mol. The van der Waals surface area contributed by atoms with Crippen molar-refractivity contribution < 1.29 is 22.3 Å². The Balaban J connectivity index is 0.00000342. The molecule has 1 aliphatic heterocycles. The van der Waals surface area contributed by atoms with E-state index in [0.29, 0.717) is 48.1 Å². The van der Waals surface area contributed by atoms with Crippen molar-refractivity contribution in [3.63, 3.8) is 0 Å². The van der Waals surface area contributed by atoms with Gasteiger partial charge in [-0.1, -0.05) is 25.7 Å². The number of sulfonamides is 1. The summed E-state index contributed by atoms with van der Waals surface area (Å²) in [6.45, 7) is 4.26. The first-order valence-corrected chi connectivity index (χ1v) is 14.5. The zero-order valence-corrected chi connectivity index (χ0v) is 22.7. The molecule has 198 valence electrons. The summed E-state index contributed by atoms with van der Waals surface area (Å²) in [6, 6.07) is 2.67. The smallest absolute Gasteiger partial charge is 0.214 e. The Morgan fingerprint density at radius 2 is 1.71 bits per heavy atom. The van der Waals surface area contributed by atoms with E-state index in [4.69, 9.17) is 4.74 Å². The molecule has 0 N–H and O–H groups in total. The Bertz CT molecular complexity index is 983. The molecule has 9 heteroatoms. The van der Waals surface area contributed by atoms with Crippen molar-refractivity contribution in [2.24, 2.45) is 5.92 Å². The second-order valence-corrected chi connectivity index (χ2v) is 12.5. The number of methoxy groups -OCH3 is 1. The number of hydrogen-bond acceptors (Lipinski definition) is 5. The molecule has 0 aromatic heterocycles. The van der Waals surface area contributed by atoms with Crippen molar-refractivity contribution in [2.75, 3.05) is 39.0 Å². The molecule has 0 spiro atoms. The van der Waals surface area contributed by atoms with Crippen LogP contribution in [0.1, 0.15) is 80.1 Å². The van der Waals surface area contributed by atoms with Crippen molar-refractivity contribution in [1.82, 2.24) is 9.21 Å². The highest BCUT2D eigenvalue weighted by Crippen LogP contribution is 2.39. The highest BCUT2D eigenvalue weighted by atomic mass is 35.5. The van der Waals surface area contributed by atoms with Crippen LogP contribution in [0.15, 0.2) is 12.1 Å². The molecule has 6 nitrogen and oxygen atoms in total. The standard InChI is InChI=1S/C26H39FN2O4S.ClH/c1-20-17-22(27)18-24(33-2)25(20)23(30)9-12-26(10-5-3-4-6-11-26)28-13-15-29(16-14-28)34(31,32)19-21-7-8-21;/h17-18,21H,3-16,19H2,1-2H3;1H. The number of ether oxygens (including phenoxy) is 1. The minimum atomic E-state index is -3.17. The van der Waals surface area contributed by atoms with Gasteiger partial charge in [0.15, 0.2) is 5.78 Å². The maximum atomic E-state index is 13.8. The number of ketones is 1. The summed E-state index contributed by atoms with van der Waals surface area (Å²) >= 11 is 0. The molecule has 1 aromatic rings. The normalized spacial score (nSPS) is 21.7. The van der Waals surface area contributed by atoms with Gasteiger partial charge >= 0.3 is 0 Å². The lowest BCUT2D eigenvalue weighted by Gasteiger charge is -2.48. The van der Waals surface area contributed by atoms with Crippen LogP contribution >= 0.6 is 12.4 Å². The van der Waals surface area contributed by atoms with E-state index in [2.05, 4.69) is 4.90 Å². The molecule has 1 saturated heterocycles. The second kappa shape index (κ2) is 11.9. The van der Waals surface area contributed by atoms with Gasteiger partial charge in [0, 0.05) is 44.2 Å². The molecule has 2 saturated carbocycles. The Hall–Kier alpha value is -1.22. The molecule has 0 bridgehead atoms. The van der Waals surface area contributed by atoms with E-state index in [0.717, 1.165) is 58.0 Å². The van der Waals surface area contributed by atoms with E-state index in [1.165, 1.54) is 32.1 Å². The van der Waals surface area contributed by atoms with Gasteiger partial charge < -0.3 is 4.74 Å². The quantitative estimate of drug-likeness (QED) is 0.333. The number of rotatable bonds is 9. The van der Waals surface area contributed by atoms with Crippen LogP contribution in [0.4, 0.5) is 4.39 Å². The molecule has 0 amide bonds. The summed E-state index contributed by atoms with van der Waals surface area (Å²) in [7, 11) is -1.70. The Labute approximate surface area is 216 Å². The molecule has 0 atom stereocenters. The van der Waals surface area contributed by atoms with Gasteiger partial charge in [-0.3, -0.25) is 9.69 Å². The average Bonchev–Trinajstić information content (AvgIpc) is 3.64. The van der Waals surface area contributed by atoms with Crippen LogP contribution in [0.2, 0.25) is 0 Å². The van der Waals surface area contributed by atoms with E-state index < -0.39 is 15.8 Å². The first kappa shape index (κ1) is 28.4. The average molecular weight is 531 g/mol. The summed E-state index contributed by atoms with van der Waals surface area (Å²) in [5.74, 6) is 0.538. The molecule has 0 radical (unpaired) electrons.